The quantitative estimate of drug-likeness (QED) is 0.766. The summed E-state index contributed by atoms with van der Waals surface area (Å²) in [5.74, 6) is -0.282. The lowest BCUT2D eigenvalue weighted by molar-refractivity contribution is 0.0691. The van der Waals surface area contributed by atoms with Crippen molar-refractivity contribution in [3.05, 3.63) is 38.3 Å². The van der Waals surface area contributed by atoms with E-state index in [2.05, 4.69) is 4.98 Å². The average Bonchev–Trinajstić information content (AvgIpc) is 3.12. The van der Waals surface area contributed by atoms with Crippen molar-refractivity contribution in [3.63, 3.8) is 0 Å². The van der Waals surface area contributed by atoms with Crippen molar-refractivity contribution < 1.29 is 18.0 Å². The van der Waals surface area contributed by atoms with Crippen LogP contribution in [0.4, 0.5) is 0 Å². The highest BCUT2D eigenvalue weighted by Crippen LogP contribution is 2.28. The SMILES string of the molecule is CC(=O)c1c(C)[nH]c(C(=O)N2CCN(S(=O)(=O)c3cc(C)sc3C)CC2)c1C. The number of thiophene rings is 1. The zero-order valence-electron chi connectivity index (χ0n) is 16.7. The summed E-state index contributed by atoms with van der Waals surface area (Å²) in [4.78, 5) is 31.5. The van der Waals surface area contributed by atoms with E-state index in [0.29, 0.717) is 40.5 Å². The predicted octanol–water partition coefficient (Wildman–Crippen LogP) is 2.66. The summed E-state index contributed by atoms with van der Waals surface area (Å²) in [6.45, 7) is 9.85. The maximum absolute atomic E-state index is 12.9. The number of nitrogens with zero attached hydrogens (tertiary/aromatic N) is 2. The number of amides is 1. The van der Waals surface area contributed by atoms with Gasteiger partial charge in [-0.05, 0) is 46.2 Å². The number of aryl methyl sites for hydroxylation is 3. The zero-order valence-corrected chi connectivity index (χ0v) is 18.4. The summed E-state index contributed by atoms with van der Waals surface area (Å²) in [6, 6.07) is 1.71. The molecule has 7 nitrogen and oxygen atoms in total. The second kappa shape index (κ2) is 7.46. The van der Waals surface area contributed by atoms with Crippen LogP contribution in [-0.2, 0) is 10.0 Å². The molecule has 0 bridgehead atoms. The molecule has 1 saturated heterocycles. The molecule has 0 saturated carbocycles. The minimum Gasteiger partial charge on any atom is -0.354 e. The summed E-state index contributed by atoms with van der Waals surface area (Å²) in [5, 5.41) is 0. The Kier molecular flexibility index (Phi) is 5.53. The number of sulfonamides is 1. The number of rotatable bonds is 4. The Balaban J connectivity index is 1.75. The molecule has 152 valence electrons. The number of carbonyl (C=O) groups excluding carboxylic acids is 2. The van der Waals surface area contributed by atoms with Gasteiger partial charge in [-0.1, -0.05) is 0 Å². The van der Waals surface area contributed by atoms with Crippen LogP contribution in [0.3, 0.4) is 0 Å². The Morgan fingerprint density at radius 3 is 2.14 bits per heavy atom. The first-order chi connectivity index (χ1) is 13.0. The largest absolute Gasteiger partial charge is 0.354 e. The second-order valence-corrected chi connectivity index (χ2v) is 10.5. The predicted molar refractivity (Wildman–Crippen MR) is 109 cm³/mol. The summed E-state index contributed by atoms with van der Waals surface area (Å²) in [6.07, 6.45) is 0. The molecular formula is C19H25N3O4S2. The highest BCUT2D eigenvalue weighted by atomic mass is 32.2. The van der Waals surface area contributed by atoms with Crippen molar-refractivity contribution in [2.45, 2.75) is 39.5 Å². The number of carbonyl (C=O) groups is 2. The molecule has 0 spiro atoms. The number of aromatic nitrogens is 1. The number of piperazine rings is 1. The minimum atomic E-state index is -3.55. The number of hydrogen-bond acceptors (Lipinski definition) is 5. The molecule has 3 heterocycles. The van der Waals surface area contributed by atoms with Crippen LogP contribution in [0.1, 0.15) is 48.8 Å². The number of H-pyrrole nitrogens is 1. The molecule has 28 heavy (non-hydrogen) atoms. The van der Waals surface area contributed by atoms with Gasteiger partial charge in [-0.2, -0.15) is 4.31 Å². The van der Waals surface area contributed by atoms with E-state index in [1.54, 1.807) is 24.8 Å². The Morgan fingerprint density at radius 1 is 1.07 bits per heavy atom. The van der Waals surface area contributed by atoms with Gasteiger partial charge in [-0.3, -0.25) is 9.59 Å². The molecule has 1 aliphatic heterocycles. The van der Waals surface area contributed by atoms with Crippen molar-refractivity contribution >= 4 is 33.1 Å². The van der Waals surface area contributed by atoms with Gasteiger partial charge in [-0.15, -0.1) is 11.3 Å². The van der Waals surface area contributed by atoms with Crippen LogP contribution in [0.2, 0.25) is 0 Å². The molecule has 2 aromatic heterocycles. The summed E-state index contributed by atoms with van der Waals surface area (Å²) in [5.41, 5.74) is 2.28. The van der Waals surface area contributed by atoms with Crippen LogP contribution < -0.4 is 0 Å². The van der Waals surface area contributed by atoms with Crippen molar-refractivity contribution in [1.29, 1.82) is 0 Å². The summed E-state index contributed by atoms with van der Waals surface area (Å²) in [7, 11) is -3.55. The van der Waals surface area contributed by atoms with Crippen LogP contribution >= 0.6 is 11.3 Å². The summed E-state index contributed by atoms with van der Waals surface area (Å²) >= 11 is 1.47. The fourth-order valence-electron chi connectivity index (χ4n) is 3.78. The standard InChI is InChI=1S/C19H25N3O4S2/c1-11-10-16(15(5)27-11)28(25,26)22-8-6-21(7-9-22)19(24)18-12(2)17(14(4)23)13(3)20-18/h10,20H,6-9H2,1-5H3. The van der Waals surface area contributed by atoms with Gasteiger partial charge in [0.25, 0.3) is 5.91 Å². The lowest BCUT2D eigenvalue weighted by Gasteiger charge is -2.34. The highest BCUT2D eigenvalue weighted by Gasteiger charge is 2.33. The third kappa shape index (κ3) is 3.54. The van der Waals surface area contributed by atoms with E-state index < -0.39 is 10.0 Å². The van der Waals surface area contributed by atoms with E-state index in [9.17, 15) is 18.0 Å². The van der Waals surface area contributed by atoms with Gasteiger partial charge >= 0.3 is 0 Å². The molecule has 0 atom stereocenters. The van der Waals surface area contributed by atoms with E-state index in [1.165, 1.54) is 22.6 Å². The lowest BCUT2D eigenvalue weighted by Crippen LogP contribution is -2.50. The molecule has 1 fully saturated rings. The maximum atomic E-state index is 12.9. The van der Waals surface area contributed by atoms with E-state index in [4.69, 9.17) is 0 Å². The number of aromatic amines is 1. The molecule has 0 aromatic carbocycles. The number of nitrogens with one attached hydrogen (secondary N) is 1. The molecule has 0 radical (unpaired) electrons. The zero-order chi connectivity index (χ0) is 20.8. The van der Waals surface area contributed by atoms with Gasteiger partial charge in [0.15, 0.2) is 5.78 Å². The molecule has 3 rings (SSSR count). The van der Waals surface area contributed by atoms with Gasteiger partial charge < -0.3 is 9.88 Å². The monoisotopic (exact) mass is 423 g/mol. The molecule has 1 N–H and O–H groups in total. The fourth-order valence-corrected chi connectivity index (χ4v) is 6.73. The minimum absolute atomic E-state index is 0.0809. The van der Waals surface area contributed by atoms with E-state index in [0.717, 1.165) is 9.75 Å². The molecule has 9 heteroatoms. The molecule has 0 aliphatic carbocycles. The molecule has 2 aromatic rings. The van der Waals surface area contributed by atoms with E-state index in [1.807, 2.05) is 13.8 Å². The molecule has 0 unspecified atom stereocenters. The smallest absolute Gasteiger partial charge is 0.270 e. The van der Waals surface area contributed by atoms with Crippen molar-refractivity contribution in [1.82, 2.24) is 14.2 Å². The Bertz CT molecular complexity index is 1040. The Morgan fingerprint density at radius 2 is 1.68 bits per heavy atom. The first-order valence-electron chi connectivity index (χ1n) is 9.10. The van der Waals surface area contributed by atoms with Crippen LogP contribution in [0, 0.1) is 27.7 Å². The molecular weight excluding hydrogens is 398 g/mol. The van der Waals surface area contributed by atoms with Gasteiger partial charge in [0.2, 0.25) is 10.0 Å². The Hall–Kier alpha value is -1.97. The first-order valence-corrected chi connectivity index (χ1v) is 11.4. The average molecular weight is 424 g/mol. The van der Waals surface area contributed by atoms with Crippen molar-refractivity contribution in [2.75, 3.05) is 26.2 Å². The van der Waals surface area contributed by atoms with Crippen molar-refractivity contribution in [3.8, 4) is 0 Å². The summed E-state index contributed by atoms with van der Waals surface area (Å²) < 4.78 is 27.3. The third-order valence-electron chi connectivity index (χ3n) is 5.14. The maximum Gasteiger partial charge on any atom is 0.270 e. The van der Waals surface area contributed by atoms with E-state index in [-0.39, 0.29) is 24.8 Å². The number of hydrogen-bond donors (Lipinski definition) is 1. The fraction of sp³-hybridized carbons (Fsp3) is 0.474. The topological polar surface area (TPSA) is 90.6 Å². The normalized spacial score (nSPS) is 15.8. The number of ketones is 1. The Labute approximate surface area is 169 Å². The van der Waals surface area contributed by atoms with Crippen molar-refractivity contribution in [2.24, 2.45) is 0 Å². The second-order valence-electron chi connectivity index (χ2n) is 7.15. The third-order valence-corrected chi connectivity index (χ3v) is 8.26. The highest BCUT2D eigenvalue weighted by molar-refractivity contribution is 7.89. The number of Topliss-reactive ketones (excluding diaryl/α,β-unsaturated/α-hetero) is 1. The van der Waals surface area contributed by atoms with Crippen LogP contribution in [0.25, 0.3) is 0 Å². The van der Waals surface area contributed by atoms with Crippen LogP contribution in [0.5, 0.6) is 0 Å². The molecule has 1 amide bonds. The van der Waals surface area contributed by atoms with Crippen LogP contribution in [-0.4, -0.2) is 60.5 Å². The molecule has 1 aliphatic rings. The van der Waals surface area contributed by atoms with Gasteiger partial charge in [0.05, 0.1) is 4.90 Å². The van der Waals surface area contributed by atoms with Gasteiger partial charge in [0, 0.05) is 47.2 Å². The first kappa shape index (κ1) is 20.8. The lowest BCUT2D eigenvalue weighted by atomic mass is 10.1. The van der Waals surface area contributed by atoms with Gasteiger partial charge in [0.1, 0.15) is 5.69 Å². The van der Waals surface area contributed by atoms with E-state index >= 15 is 0 Å². The van der Waals surface area contributed by atoms with Gasteiger partial charge in [-0.25, -0.2) is 8.42 Å². The van der Waals surface area contributed by atoms with Crippen LogP contribution in [0.15, 0.2) is 11.0 Å².